The summed E-state index contributed by atoms with van der Waals surface area (Å²) in [6.07, 6.45) is 0.588. The first-order chi connectivity index (χ1) is 8.11. The van der Waals surface area contributed by atoms with Crippen LogP contribution in [0, 0.1) is 5.82 Å². The Bertz CT molecular complexity index is 417. The molecule has 0 aliphatic carbocycles. The fourth-order valence-corrected chi connectivity index (χ4v) is 1.87. The van der Waals surface area contributed by atoms with Crippen molar-refractivity contribution in [3.8, 4) is 0 Å². The van der Waals surface area contributed by atoms with Gasteiger partial charge in [0.25, 0.3) is 5.91 Å². The van der Waals surface area contributed by atoms with Crippen molar-refractivity contribution in [3.05, 3.63) is 35.6 Å². The van der Waals surface area contributed by atoms with Gasteiger partial charge in [-0.3, -0.25) is 4.79 Å². The van der Waals surface area contributed by atoms with E-state index in [2.05, 4.69) is 10.6 Å². The maximum Gasteiger partial charge on any atom is 0.254 e. The monoisotopic (exact) mass is 238 g/mol. The molecule has 3 N–H and O–H groups in total. The summed E-state index contributed by atoms with van der Waals surface area (Å²) < 4.78 is 13.3. The first-order valence-corrected chi connectivity index (χ1v) is 5.57. The fraction of sp³-hybridized carbons (Fsp3) is 0.417. The molecule has 1 unspecified atom stereocenters. The molecule has 0 aromatic heterocycles. The summed E-state index contributed by atoms with van der Waals surface area (Å²) in [7, 11) is 0. The Morgan fingerprint density at radius 3 is 2.94 bits per heavy atom. The molecule has 17 heavy (non-hydrogen) atoms. The number of benzene rings is 1. The molecule has 0 radical (unpaired) electrons. The van der Waals surface area contributed by atoms with E-state index in [-0.39, 0.29) is 12.1 Å². The van der Waals surface area contributed by atoms with E-state index in [1.165, 1.54) is 18.2 Å². The van der Waals surface area contributed by atoms with Crippen molar-refractivity contribution < 1.29 is 14.3 Å². The lowest BCUT2D eigenvalue weighted by Crippen LogP contribution is -2.44. The number of β-amino-alcohol motifs (C(OH)–C–C–N with tert-alkyl or cyclic N) is 1. The Morgan fingerprint density at radius 1 is 1.53 bits per heavy atom. The van der Waals surface area contributed by atoms with Gasteiger partial charge in [0.1, 0.15) is 5.82 Å². The molecule has 92 valence electrons. The SMILES string of the molecule is O=C(NCC1(O)CCNC1)c1ccccc1F. The van der Waals surface area contributed by atoms with Gasteiger partial charge in [0.15, 0.2) is 0 Å². The number of rotatable bonds is 3. The van der Waals surface area contributed by atoms with Crippen molar-refractivity contribution in [2.75, 3.05) is 19.6 Å². The van der Waals surface area contributed by atoms with E-state index in [0.717, 1.165) is 6.54 Å². The van der Waals surface area contributed by atoms with Crippen LogP contribution in [0.15, 0.2) is 24.3 Å². The van der Waals surface area contributed by atoms with Crippen molar-refractivity contribution in [3.63, 3.8) is 0 Å². The van der Waals surface area contributed by atoms with Crippen LogP contribution in [0.25, 0.3) is 0 Å². The van der Waals surface area contributed by atoms with E-state index in [1.807, 2.05) is 0 Å². The molecule has 1 saturated heterocycles. The highest BCUT2D eigenvalue weighted by molar-refractivity contribution is 5.94. The maximum atomic E-state index is 13.3. The predicted octanol–water partition coefficient (Wildman–Crippen LogP) is 0.280. The second-order valence-electron chi connectivity index (χ2n) is 4.31. The number of amides is 1. The Labute approximate surface area is 98.8 Å². The Morgan fingerprint density at radius 2 is 2.29 bits per heavy atom. The molecule has 1 fully saturated rings. The van der Waals surface area contributed by atoms with Crippen molar-refractivity contribution in [1.29, 1.82) is 0 Å². The van der Waals surface area contributed by atoms with Gasteiger partial charge >= 0.3 is 0 Å². The standard InChI is InChI=1S/C12H15FN2O2/c13-10-4-2-1-3-9(10)11(16)15-8-12(17)5-6-14-7-12/h1-4,14,17H,5-8H2,(H,15,16). The normalized spacial score (nSPS) is 23.6. The lowest BCUT2D eigenvalue weighted by atomic mass is 10.0. The van der Waals surface area contributed by atoms with E-state index in [4.69, 9.17) is 0 Å². The number of nitrogens with one attached hydrogen (secondary N) is 2. The van der Waals surface area contributed by atoms with E-state index in [1.54, 1.807) is 6.07 Å². The van der Waals surface area contributed by atoms with Gasteiger partial charge in [-0.2, -0.15) is 0 Å². The summed E-state index contributed by atoms with van der Waals surface area (Å²) in [5.74, 6) is -1.05. The number of hydrogen-bond donors (Lipinski definition) is 3. The molecule has 5 heteroatoms. The molecule has 4 nitrogen and oxygen atoms in total. The molecule has 1 atom stereocenters. The summed E-state index contributed by atoms with van der Waals surface area (Å²) in [5.41, 5.74) is -0.914. The minimum absolute atomic E-state index is 0.00190. The minimum Gasteiger partial charge on any atom is -0.387 e. The second kappa shape index (κ2) is 4.81. The van der Waals surface area contributed by atoms with Crippen LogP contribution in [0.3, 0.4) is 0 Å². The third-order valence-electron chi connectivity index (χ3n) is 2.92. The summed E-state index contributed by atoms with van der Waals surface area (Å²) in [4.78, 5) is 11.7. The maximum absolute atomic E-state index is 13.3. The molecule has 1 aliphatic heterocycles. The number of halogens is 1. The van der Waals surface area contributed by atoms with Crippen LogP contribution in [0.1, 0.15) is 16.8 Å². The highest BCUT2D eigenvalue weighted by Crippen LogP contribution is 2.13. The van der Waals surface area contributed by atoms with Crippen LogP contribution >= 0.6 is 0 Å². The van der Waals surface area contributed by atoms with E-state index < -0.39 is 17.3 Å². The molecular formula is C12H15FN2O2. The van der Waals surface area contributed by atoms with Crippen LogP contribution in [-0.2, 0) is 0 Å². The van der Waals surface area contributed by atoms with E-state index in [0.29, 0.717) is 13.0 Å². The molecule has 2 rings (SSSR count). The Kier molecular flexibility index (Phi) is 3.40. The van der Waals surface area contributed by atoms with Gasteiger partial charge < -0.3 is 15.7 Å². The largest absolute Gasteiger partial charge is 0.387 e. The quantitative estimate of drug-likeness (QED) is 0.709. The van der Waals surface area contributed by atoms with Crippen LogP contribution in [-0.4, -0.2) is 36.2 Å². The van der Waals surface area contributed by atoms with Crippen LogP contribution in [0.2, 0.25) is 0 Å². The third-order valence-corrected chi connectivity index (χ3v) is 2.92. The van der Waals surface area contributed by atoms with Crippen molar-refractivity contribution >= 4 is 5.91 Å². The second-order valence-corrected chi connectivity index (χ2v) is 4.31. The van der Waals surface area contributed by atoms with Crippen LogP contribution in [0.4, 0.5) is 4.39 Å². The number of carbonyl (C=O) groups excluding carboxylic acids is 1. The zero-order valence-corrected chi connectivity index (χ0v) is 9.37. The first kappa shape index (κ1) is 12.0. The smallest absolute Gasteiger partial charge is 0.254 e. The molecule has 1 heterocycles. The van der Waals surface area contributed by atoms with E-state index >= 15 is 0 Å². The van der Waals surface area contributed by atoms with Gasteiger partial charge in [-0.1, -0.05) is 12.1 Å². The van der Waals surface area contributed by atoms with Gasteiger partial charge in [0.05, 0.1) is 11.2 Å². The summed E-state index contributed by atoms with van der Waals surface area (Å²) in [6.45, 7) is 1.31. The van der Waals surface area contributed by atoms with Gasteiger partial charge in [-0.05, 0) is 25.1 Å². The Hall–Kier alpha value is -1.46. The zero-order chi connectivity index (χ0) is 12.3. The molecule has 1 aliphatic rings. The number of hydrogen-bond acceptors (Lipinski definition) is 3. The van der Waals surface area contributed by atoms with Gasteiger partial charge in [0, 0.05) is 13.1 Å². The topological polar surface area (TPSA) is 61.4 Å². The number of carbonyl (C=O) groups is 1. The Balaban J connectivity index is 1.96. The molecule has 1 aromatic rings. The average molecular weight is 238 g/mol. The number of aliphatic hydroxyl groups is 1. The van der Waals surface area contributed by atoms with Gasteiger partial charge in [-0.25, -0.2) is 4.39 Å². The minimum atomic E-state index is -0.916. The highest BCUT2D eigenvalue weighted by atomic mass is 19.1. The van der Waals surface area contributed by atoms with Crippen molar-refractivity contribution in [2.24, 2.45) is 0 Å². The zero-order valence-electron chi connectivity index (χ0n) is 9.37. The molecule has 1 aromatic carbocycles. The molecular weight excluding hydrogens is 223 g/mol. The molecule has 0 spiro atoms. The third kappa shape index (κ3) is 2.81. The van der Waals surface area contributed by atoms with Crippen LogP contribution in [0.5, 0.6) is 0 Å². The molecule has 1 amide bonds. The summed E-state index contributed by atoms with van der Waals surface area (Å²) >= 11 is 0. The molecule has 0 bridgehead atoms. The molecule has 0 saturated carbocycles. The van der Waals surface area contributed by atoms with E-state index in [9.17, 15) is 14.3 Å². The van der Waals surface area contributed by atoms with Crippen LogP contribution < -0.4 is 10.6 Å². The first-order valence-electron chi connectivity index (χ1n) is 5.57. The summed E-state index contributed by atoms with van der Waals surface area (Å²) in [5, 5.41) is 15.6. The predicted molar refractivity (Wildman–Crippen MR) is 61.2 cm³/mol. The fourth-order valence-electron chi connectivity index (χ4n) is 1.87. The highest BCUT2D eigenvalue weighted by Gasteiger charge is 2.31. The van der Waals surface area contributed by atoms with Crippen molar-refractivity contribution in [2.45, 2.75) is 12.0 Å². The average Bonchev–Trinajstić information content (AvgIpc) is 2.74. The van der Waals surface area contributed by atoms with Gasteiger partial charge in [-0.15, -0.1) is 0 Å². The summed E-state index contributed by atoms with van der Waals surface area (Å²) in [6, 6.07) is 5.78. The van der Waals surface area contributed by atoms with Gasteiger partial charge in [0.2, 0.25) is 0 Å². The van der Waals surface area contributed by atoms with Crippen molar-refractivity contribution in [1.82, 2.24) is 10.6 Å². The lowest BCUT2D eigenvalue weighted by Gasteiger charge is -2.21. The lowest BCUT2D eigenvalue weighted by molar-refractivity contribution is 0.0560.